The molecule has 1 N–H and O–H groups in total. The highest BCUT2D eigenvalue weighted by Crippen LogP contribution is 2.36. The molecule has 0 spiro atoms. The predicted molar refractivity (Wildman–Crippen MR) is 78.8 cm³/mol. The number of fused-ring (bicyclic) bond motifs is 1. The first-order chi connectivity index (χ1) is 8.63. The minimum absolute atomic E-state index is 0.498. The van der Waals surface area contributed by atoms with E-state index in [1.54, 1.807) is 11.3 Å². The van der Waals surface area contributed by atoms with Crippen molar-refractivity contribution in [3.8, 4) is 0 Å². The van der Waals surface area contributed by atoms with Crippen molar-refractivity contribution in [2.45, 2.75) is 12.5 Å². The summed E-state index contributed by atoms with van der Waals surface area (Å²) in [4.78, 5) is 6.25. The Morgan fingerprint density at radius 2 is 2.39 bits per heavy atom. The maximum Gasteiger partial charge on any atom is 0.193 e. The van der Waals surface area contributed by atoms with Gasteiger partial charge in [-0.1, -0.05) is 11.6 Å². The molecule has 7 heteroatoms. The lowest BCUT2D eigenvalue weighted by molar-refractivity contribution is 0.181. The van der Waals surface area contributed by atoms with Gasteiger partial charge < -0.3 is 5.11 Å². The van der Waals surface area contributed by atoms with E-state index in [0.717, 1.165) is 20.0 Å². The minimum Gasteiger partial charge on any atom is -0.387 e. The van der Waals surface area contributed by atoms with E-state index in [1.807, 2.05) is 28.2 Å². The first-order valence-corrected chi connectivity index (χ1v) is 8.04. The summed E-state index contributed by atoms with van der Waals surface area (Å²) in [6.45, 7) is 0. The largest absolute Gasteiger partial charge is 0.387 e. The molecule has 3 aromatic rings. The molecule has 0 aliphatic rings. The van der Waals surface area contributed by atoms with Crippen LogP contribution in [0.4, 0.5) is 0 Å². The summed E-state index contributed by atoms with van der Waals surface area (Å²) in [5, 5.41) is 12.1. The predicted octanol–water partition coefficient (Wildman–Crippen LogP) is 4.15. The number of thiazole rings is 1. The number of halogens is 2. The fourth-order valence-corrected chi connectivity index (χ4v) is 4.14. The number of imidazole rings is 1. The van der Waals surface area contributed by atoms with Crippen LogP contribution in [0.1, 0.15) is 16.7 Å². The molecule has 0 saturated carbocycles. The molecule has 0 aliphatic heterocycles. The summed E-state index contributed by atoms with van der Waals surface area (Å²) in [6, 6.07) is 1.86. The Kier molecular flexibility index (Phi) is 3.46. The van der Waals surface area contributed by atoms with E-state index < -0.39 is 6.10 Å². The summed E-state index contributed by atoms with van der Waals surface area (Å²) in [5.41, 5.74) is 0.884. The van der Waals surface area contributed by atoms with Gasteiger partial charge >= 0.3 is 0 Å². The van der Waals surface area contributed by atoms with E-state index in [-0.39, 0.29) is 0 Å². The number of rotatable bonds is 3. The van der Waals surface area contributed by atoms with Gasteiger partial charge in [0.05, 0.1) is 11.8 Å². The molecule has 3 heterocycles. The van der Waals surface area contributed by atoms with Crippen molar-refractivity contribution in [1.82, 2.24) is 9.38 Å². The van der Waals surface area contributed by atoms with Crippen molar-refractivity contribution < 1.29 is 5.11 Å². The topological polar surface area (TPSA) is 37.5 Å². The number of hydrogen-bond donors (Lipinski definition) is 1. The van der Waals surface area contributed by atoms with Crippen LogP contribution in [0.2, 0.25) is 4.34 Å². The lowest BCUT2D eigenvalue weighted by Gasteiger charge is -2.05. The van der Waals surface area contributed by atoms with Crippen molar-refractivity contribution in [3.63, 3.8) is 0 Å². The number of nitrogens with zero attached hydrogens (tertiary/aromatic N) is 2. The highest BCUT2D eigenvalue weighted by Gasteiger charge is 2.15. The van der Waals surface area contributed by atoms with Gasteiger partial charge in [0.2, 0.25) is 0 Å². The van der Waals surface area contributed by atoms with E-state index in [1.165, 1.54) is 11.3 Å². The van der Waals surface area contributed by atoms with Gasteiger partial charge in [0.25, 0.3) is 0 Å². The first kappa shape index (κ1) is 12.6. The second-order valence-electron chi connectivity index (χ2n) is 3.82. The smallest absolute Gasteiger partial charge is 0.193 e. The van der Waals surface area contributed by atoms with Crippen LogP contribution in [0.5, 0.6) is 0 Å². The van der Waals surface area contributed by atoms with Gasteiger partial charge in [0, 0.05) is 33.5 Å². The van der Waals surface area contributed by atoms with Gasteiger partial charge in [-0.3, -0.25) is 4.40 Å². The molecule has 0 aliphatic carbocycles. The fourth-order valence-electron chi connectivity index (χ4n) is 1.70. The van der Waals surface area contributed by atoms with Crippen molar-refractivity contribution in [3.05, 3.63) is 43.2 Å². The third-order valence-corrected chi connectivity index (χ3v) is 5.88. The summed E-state index contributed by atoms with van der Waals surface area (Å²) < 4.78 is 3.45. The van der Waals surface area contributed by atoms with E-state index in [2.05, 4.69) is 20.9 Å². The van der Waals surface area contributed by atoms with E-state index in [4.69, 9.17) is 11.6 Å². The van der Waals surface area contributed by atoms with E-state index in [0.29, 0.717) is 10.8 Å². The zero-order chi connectivity index (χ0) is 12.7. The molecule has 0 aromatic carbocycles. The van der Waals surface area contributed by atoms with Crippen molar-refractivity contribution in [1.29, 1.82) is 0 Å². The summed E-state index contributed by atoms with van der Waals surface area (Å²) in [7, 11) is 0. The van der Waals surface area contributed by atoms with Crippen LogP contribution in [-0.4, -0.2) is 14.5 Å². The molecular formula is C11H8BrClN2OS2. The first-order valence-electron chi connectivity index (χ1n) is 5.17. The molecule has 1 atom stereocenters. The van der Waals surface area contributed by atoms with E-state index in [9.17, 15) is 5.11 Å². The average molecular weight is 364 g/mol. The lowest BCUT2D eigenvalue weighted by atomic mass is 10.2. The van der Waals surface area contributed by atoms with Crippen molar-refractivity contribution in [2.75, 3.05) is 0 Å². The van der Waals surface area contributed by atoms with Gasteiger partial charge in [-0.05, 0) is 22.0 Å². The minimum atomic E-state index is -0.566. The van der Waals surface area contributed by atoms with Gasteiger partial charge in [0.15, 0.2) is 4.96 Å². The second kappa shape index (κ2) is 4.94. The normalized spacial score (nSPS) is 13.3. The molecule has 18 heavy (non-hydrogen) atoms. The van der Waals surface area contributed by atoms with Crippen LogP contribution in [0, 0.1) is 0 Å². The highest BCUT2D eigenvalue weighted by molar-refractivity contribution is 9.10. The van der Waals surface area contributed by atoms with Gasteiger partial charge in [0.1, 0.15) is 4.34 Å². The molecule has 3 nitrogen and oxygen atoms in total. The number of aliphatic hydroxyl groups is 1. The molecule has 1 unspecified atom stereocenters. The SMILES string of the molecule is OC(Cc1cn2ccsc2n1)c1cc(Br)c(Cl)s1. The molecule has 0 fully saturated rings. The van der Waals surface area contributed by atoms with Gasteiger partial charge in [-0.25, -0.2) is 4.98 Å². The molecule has 0 saturated heterocycles. The molecule has 94 valence electrons. The summed E-state index contributed by atoms with van der Waals surface area (Å²) in [5.74, 6) is 0. The Balaban J connectivity index is 1.81. The molecule has 0 radical (unpaired) electrons. The Morgan fingerprint density at radius 3 is 3.06 bits per heavy atom. The van der Waals surface area contributed by atoms with Crippen LogP contribution in [0.3, 0.4) is 0 Å². The van der Waals surface area contributed by atoms with Crippen LogP contribution in [0.15, 0.2) is 28.3 Å². The Morgan fingerprint density at radius 1 is 1.56 bits per heavy atom. The Bertz CT molecular complexity index is 642. The van der Waals surface area contributed by atoms with Crippen LogP contribution in [-0.2, 0) is 6.42 Å². The Labute approximate surface area is 125 Å². The zero-order valence-corrected chi connectivity index (χ0v) is 13.0. The summed E-state index contributed by atoms with van der Waals surface area (Å²) >= 11 is 12.3. The third-order valence-electron chi connectivity index (χ3n) is 2.54. The van der Waals surface area contributed by atoms with Crippen LogP contribution in [0.25, 0.3) is 4.96 Å². The van der Waals surface area contributed by atoms with Crippen molar-refractivity contribution >= 4 is 55.2 Å². The van der Waals surface area contributed by atoms with Gasteiger partial charge in [-0.15, -0.1) is 22.7 Å². The van der Waals surface area contributed by atoms with E-state index >= 15 is 0 Å². The fraction of sp³-hybridized carbons (Fsp3) is 0.182. The van der Waals surface area contributed by atoms with Crippen molar-refractivity contribution in [2.24, 2.45) is 0 Å². The molecule has 0 bridgehead atoms. The quantitative estimate of drug-likeness (QED) is 0.759. The van der Waals surface area contributed by atoms with Crippen LogP contribution < -0.4 is 0 Å². The van der Waals surface area contributed by atoms with Crippen LogP contribution >= 0.6 is 50.2 Å². The lowest BCUT2D eigenvalue weighted by Crippen LogP contribution is -1.99. The standard InChI is InChI=1S/C11H8BrClN2OS2/c12-7-4-9(18-10(7)13)8(16)3-6-5-15-1-2-17-11(15)14-6/h1-2,4-5,8,16H,3H2. The monoisotopic (exact) mass is 362 g/mol. The number of hydrogen-bond acceptors (Lipinski definition) is 4. The number of thiophene rings is 1. The maximum absolute atomic E-state index is 10.2. The molecule has 0 amide bonds. The maximum atomic E-state index is 10.2. The van der Waals surface area contributed by atoms with Gasteiger partial charge in [-0.2, -0.15) is 0 Å². The second-order valence-corrected chi connectivity index (χ2v) is 7.23. The molecule has 3 rings (SSSR count). The Hall–Kier alpha value is -0.400. The zero-order valence-electron chi connectivity index (χ0n) is 9.01. The number of aromatic nitrogens is 2. The molecular weight excluding hydrogens is 356 g/mol. The third kappa shape index (κ3) is 2.35. The number of aliphatic hydroxyl groups excluding tert-OH is 1. The summed E-state index contributed by atoms with van der Waals surface area (Å²) in [6.07, 6.45) is 3.83. The molecule has 3 aromatic heterocycles. The highest BCUT2D eigenvalue weighted by atomic mass is 79.9. The average Bonchev–Trinajstić information content (AvgIpc) is 2.95.